The summed E-state index contributed by atoms with van der Waals surface area (Å²) in [6.45, 7) is 0.197. The molecule has 5 nitrogen and oxygen atoms in total. The Bertz CT molecular complexity index is 529. The third-order valence-corrected chi connectivity index (χ3v) is 2.30. The van der Waals surface area contributed by atoms with E-state index in [1.54, 1.807) is 18.2 Å². The zero-order chi connectivity index (χ0) is 12.3. The molecule has 1 aromatic carbocycles. The third-order valence-electron chi connectivity index (χ3n) is 2.30. The van der Waals surface area contributed by atoms with Crippen molar-refractivity contribution in [3.05, 3.63) is 29.3 Å². The number of nitrogens with one attached hydrogen (secondary N) is 1. The molecule has 1 heterocycles. The first-order valence-electron chi connectivity index (χ1n) is 4.98. The number of amides is 1. The molecule has 0 unspecified atom stereocenters. The average molecular weight is 230 g/mol. The largest absolute Gasteiger partial charge is 0.454 e. The standard InChI is InChI=1S/C12H10N2O3/c1-14-12(15)9(6-13)4-8-2-3-10-11(5-8)17-7-16-10/h2-5H,7H2,1H3,(H,14,15)/b9-4+. The van der Waals surface area contributed by atoms with Crippen molar-refractivity contribution in [1.82, 2.24) is 5.32 Å². The molecule has 0 aliphatic carbocycles. The highest BCUT2D eigenvalue weighted by Crippen LogP contribution is 2.32. The van der Waals surface area contributed by atoms with Gasteiger partial charge < -0.3 is 14.8 Å². The highest BCUT2D eigenvalue weighted by Gasteiger charge is 2.13. The van der Waals surface area contributed by atoms with Gasteiger partial charge in [-0.05, 0) is 23.8 Å². The van der Waals surface area contributed by atoms with Gasteiger partial charge in [0.2, 0.25) is 6.79 Å². The first-order chi connectivity index (χ1) is 8.24. The van der Waals surface area contributed by atoms with Crippen molar-refractivity contribution in [3.63, 3.8) is 0 Å². The Balaban J connectivity index is 2.32. The molecule has 1 N–H and O–H groups in total. The van der Waals surface area contributed by atoms with E-state index in [2.05, 4.69) is 5.32 Å². The lowest BCUT2D eigenvalue weighted by molar-refractivity contribution is -0.116. The summed E-state index contributed by atoms with van der Waals surface area (Å²) in [5.41, 5.74) is 0.765. The molecule has 1 amide bonds. The van der Waals surface area contributed by atoms with E-state index in [0.29, 0.717) is 11.5 Å². The van der Waals surface area contributed by atoms with Crippen LogP contribution in [0.15, 0.2) is 23.8 Å². The smallest absolute Gasteiger partial charge is 0.261 e. The minimum Gasteiger partial charge on any atom is -0.454 e. The van der Waals surface area contributed by atoms with Gasteiger partial charge in [0.1, 0.15) is 11.6 Å². The number of ether oxygens (including phenoxy) is 2. The van der Waals surface area contributed by atoms with Crippen LogP contribution < -0.4 is 14.8 Å². The van der Waals surface area contributed by atoms with Gasteiger partial charge in [0.15, 0.2) is 11.5 Å². The number of nitrogens with zero attached hydrogens (tertiary/aromatic N) is 1. The number of hydrogen-bond acceptors (Lipinski definition) is 4. The van der Waals surface area contributed by atoms with Gasteiger partial charge in [-0.1, -0.05) is 6.07 Å². The Morgan fingerprint density at radius 2 is 2.24 bits per heavy atom. The maximum absolute atomic E-state index is 11.3. The molecule has 0 fully saturated rings. The van der Waals surface area contributed by atoms with Crippen LogP contribution in [0.5, 0.6) is 11.5 Å². The highest BCUT2D eigenvalue weighted by atomic mass is 16.7. The van der Waals surface area contributed by atoms with Gasteiger partial charge in [0, 0.05) is 7.05 Å². The number of likely N-dealkylation sites (N-methyl/N-ethyl adjacent to an activating group) is 1. The first kappa shape index (κ1) is 11.0. The lowest BCUT2D eigenvalue weighted by atomic mass is 10.1. The zero-order valence-corrected chi connectivity index (χ0v) is 9.19. The number of nitriles is 1. The van der Waals surface area contributed by atoms with Crippen molar-refractivity contribution in [1.29, 1.82) is 5.26 Å². The Hall–Kier alpha value is -2.48. The molecule has 17 heavy (non-hydrogen) atoms. The third kappa shape index (κ3) is 2.21. The molecule has 86 valence electrons. The molecule has 0 saturated carbocycles. The van der Waals surface area contributed by atoms with Crippen LogP contribution in [-0.4, -0.2) is 19.7 Å². The number of rotatable bonds is 2. The Kier molecular flexibility index (Phi) is 2.97. The molecule has 0 atom stereocenters. The Morgan fingerprint density at radius 3 is 2.94 bits per heavy atom. The summed E-state index contributed by atoms with van der Waals surface area (Å²) in [5, 5.41) is 11.3. The predicted octanol–water partition coefficient (Wildman–Crippen LogP) is 1.07. The number of hydrogen-bond donors (Lipinski definition) is 1. The fourth-order valence-electron chi connectivity index (χ4n) is 1.45. The second-order valence-electron chi connectivity index (χ2n) is 3.36. The molecule has 0 saturated heterocycles. The molecular weight excluding hydrogens is 220 g/mol. The Labute approximate surface area is 98.3 Å². The lowest BCUT2D eigenvalue weighted by Crippen LogP contribution is -2.19. The second kappa shape index (κ2) is 4.58. The summed E-state index contributed by atoms with van der Waals surface area (Å²) < 4.78 is 10.4. The lowest BCUT2D eigenvalue weighted by Gasteiger charge is -1.99. The molecule has 1 aromatic rings. The van der Waals surface area contributed by atoms with Crippen LogP contribution in [0.2, 0.25) is 0 Å². The monoisotopic (exact) mass is 230 g/mol. The number of carbonyl (C=O) groups excluding carboxylic acids is 1. The fourth-order valence-corrected chi connectivity index (χ4v) is 1.45. The number of fused-ring (bicyclic) bond motifs is 1. The van der Waals surface area contributed by atoms with E-state index in [1.165, 1.54) is 13.1 Å². The summed E-state index contributed by atoms with van der Waals surface area (Å²) in [7, 11) is 1.48. The van der Waals surface area contributed by atoms with E-state index in [9.17, 15) is 4.79 Å². The minimum atomic E-state index is -0.412. The topological polar surface area (TPSA) is 71.4 Å². The molecule has 5 heteroatoms. The summed E-state index contributed by atoms with van der Waals surface area (Å²) >= 11 is 0. The van der Waals surface area contributed by atoms with Crippen LogP contribution in [0.25, 0.3) is 6.08 Å². The maximum Gasteiger partial charge on any atom is 0.261 e. The number of carbonyl (C=O) groups is 1. The van der Waals surface area contributed by atoms with Crippen LogP contribution >= 0.6 is 0 Å². The van der Waals surface area contributed by atoms with E-state index in [0.717, 1.165) is 5.56 Å². The van der Waals surface area contributed by atoms with E-state index < -0.39 is 5.91 Å². The van der Waals surface area contributed by atoms with Gasteiger partial charge in [-0.15, -0.1) is 0 Å². The van der Waals surface area contributed by atoms with Crippen molar-refractivity contribution >= 4 is 12.0 Å². The molecule has 1 aliphatic heterocycles. The van der Waals surface area contributed by atoms with Gasteiger partial charge in [0.25, 0.3) is 5.91 Å². The van der Waals surface area contributed by atoms with E-state index in [-0.39, 0.29) is 12.4 Å². The van der Waals surface area contributed by atoms with Crippen molar-refractivity contribution in [2.45, 2.75) is 0 Å². The van der Waals surface area contributed by atoms with Gasteiger partial charge >= 0.3 is 0 Å². The van der Waals surface area contributed by atoms with E-state index in [1.807, 2.05) is 6.07 Å². The van der Waals surface area contributed by atoms with Gasteiger partial charge in [-0.3, -0.25) is 4.79 Å². The number of benzene rings is 1. The minimum absolute atomic E-state index is 0.0476. The van der Waals surface area contributed by atoms with E-state index in [4.69, 9.17) is 14.7 Å². The van der Waals surface area contributed by atoms with Crippen LogP contribution in [0.1, 0.15) is 5.56 Å². The van der Waals surface area contributed by atoms with Crippen molar-refractivity contribution in [2.24, 2.45) is 0 Å². The molecule has 0 spiro atoms. The predicted molar refractivity (Wildman–Crippen MR) is 60.2 cm³/mol. The van der Waals surface area contributed by atoms with Gasteiger partial charge in [0.05, 0.1) is 0 Å². The molecule has 0 radical (unpaired) electrons. The van der Waals surface area contributed by atoms with Crippen LogP contribution in [0, 0.1) is 11.3 Å². The van der Waals surface area contributed by atoms with Crippen LogP contribution in [0.4, 0.5) is 0 Å². The molecule has 2 rings (SSSR count). The SMILES string of the molecule is CNC(=O)/C(C#N)=C/c1ccc2c(c1)OCO2. The van der Waals surface area contributed by atoms with Gasteiger partial charge in [-0.2, -0.15) is 5.26 Å². The molecule has 0 bridgehead atoms. The normalized spacial score (nSPS) is 13.1. The first-order valence-corrected chi connectivity index (χ1v) is 4.98. The van der Waals surface area contributed by atoms with Gasteiger partial charge in [-0.25, -0.2) is 0 Å². The molecule has 1 aliphatic rings. The summed E-state index contributed by atoms with van der Waals surface area (Å²) in [5.74, 6) is 0.874. The summed E-state index contributed by atoms with van der Waals surface area (Å²) in [6, 6.07) is 7.07. The van der Waals surface area contributed by atoms with Crippen LogP contribution in [0.3, 0.4) is 0 Å². The molecule has 0 aromatic heterocycles. The summed E-state index contributed by atoms with van der Waals surface area (Å²) in [4.78, 5) is 11.3. The Morgan fingerprint density at radius 1 is 1.47 bits per heavy atom. The molecular formula is C12H10N2O3. The fraction of sp³-hybridized carbons (Fsp3) is 0.167. The average Bonchev–Trinajstić information content (AvgIpc) is 2.82. The zero-order valence-electron chi connectivity index (χ0n) is 9.19. The highest BCUT2D eigenvalue weighted by molar-refractivity contribution is 6.01. The second-order valence-corrected chi connectivity index (χ2v) is 3.36. The summed E-state index contributed by atoms with van der Waals surface area (Å²) in [6.07, 6.45) is 1.50. The van der Waals surface area contributed by atoms with E-state index >= 15 is 0 Å². The van der Waals surface area contributed by atoms with Crippen molar-refractivity contribution in [3.8, 4) is 17.6 Å². The maximum atomic E-state index is 11.3. The van der Waals surface area contributed by atoms with Crippen molar-refractivity contribution < 1.29 is 14.3 Å². The quantitative estimate of drug-likeness (QED) is 0.609. The van der Waals surface area contributed by atoms with Crippen LogP contribution in [-0.2, 0) is 4.79 Å². The van der Waals surface area contributed by atoms with Crippen molar-refractivity contribution in [2.75, 3.05) is 13.8 Å².